The van der Waals surface area contributed by atoms with Gasteiger partial charge >= 0.3 is 6.18 Å². The molecule has 1 aromatic carbocycles. The van der Waals surface area contributed by atoms with E-state index < -0.39 is 23.9 Å². The Morgan fingerprint density at radius 1 is 1.30 bits per heavy atom. The van der Waals surface area contributed by atoms with Crippen molar-refractivity contribution in [1.82, 2.24) is 5.32 Å². The summed E-state index contributed by atoms with van der Waals surface area (Å²) in [6, 6.07) is 5.87. The maximum Gasteiger partial charge on any atom is 0.405 e. The lowest BCUT2D eigenvalue weighted by Gasteiger charge is -2.13. The number of rotatable bonds is 8. The fraction of sp³-hybridized carbons (Fsp3) is 0.562. The summed E-state index contributed by atoms with van der Waals surface area (Å²) in [6.07, 6.45) is -3.66. The van der Waals surface area contributed by atoms with Crippen LogP contribution < -0.4 is 10.1 Å². The molecule has 0 spiro atoms. The molecule has 0 saturated carbocycles. The van der Waals surface area contributed by atoms with Crippen LogP contribution in [0.4, 0.5) is 13.2 Å². The highest BCUT2D eigenvalue weighted by molar-refractivity contribution is 8.00. The van der Waals surface area contributed by atoms with E-state index in [1.54, 1.807) is 6.92 Å². The molecule has 1 unspecified atom stereocenters. The van der Waals surface area contributed by atoms with Gasteiger partial charge in [0.05, 0.1) is 11.9 Å². The predicted octanol–water partition coefficient (Wildman–Crippen LogP) is 3.87. The molecule has 23 heavy (non-hydrogen) atoms. The highest BCUT2D eigenvalue weighted by Crippen LogP contribution is 2.18. The van der Waals surface area contributed by atoms with Crippen LogP contribution in [0.15, 0.2) is 18.2 Å². The lowest BCUT2D eigenvalue weighted by atomic mass is 10.1. The second kappa shape index (κ2) is 9.05. The number of hydrogen-bond acceptors (Lipinski definition) is 3. The number of carbonyl (C=O) groups excluding carboxylic acids is 1. The van der Waals surface area contributed by atoms with Gasteiger partial charge in [0.1, 0.15) is 12.3 Å². The van der Waals surface area contributed by atoms with E-state index in [9.17, 15) is 18.0 Å². The summed E-state index contributed by atoms with van der Waals surface area (Å²) in [5.74, 6) is 0.849. The van der Waals surface area contributed by atoms with Gasteiger partial charge in [0.2, 0.25) is 5.91 Å². The molecule has 0 aliphatic carbocycles. The molecule has 1 amide bonds. The Balaban J connectivity index is 2.18. The van der Waals surface area contributed by atoms with Gasteiger partial charge in [0, 0.05) is 0 Å². The first kappa shape index (κ1) is 19.7. The van der Waals surface area contributed by atoms with Gasteiger partial charge in [0.15, 0.2) is 0 Å². The molecule has 0 saturated heterocycles. The lowest BCUT2D eigenvalue weighted by molar-refractivity contribution is -0.137. The summed E-state index contributed by atoms with van der Waals surface area (Å²) in [7, 11) is 0. The molecule has 0 aromatic heterocycles. The maximum atomic E-state index is 12.0. The Labute approximate surface area is 139 Å². The first-order valence-corrected chi connectivity index (χ1v) is 8.40. The highest BCUT2D eigenvalue weighted by Gasteiger charge is 2.28. The number of amides is 1. The van der Waals surface area contributed by atoms with Crippen LogP contribution >= 0.6 is 11.8 Å². The largest absolute Gasteiger partial charge is 0.494 e. The number of aryl methyl sites for hydroxylation is 2. The maximum absolute atomic E-state index is 12.0. The Morgan fingerprint density at radius 2 is 2.00 bits per heavy atom. The van der Waals surface area contributed by atoms with Crippen molar-refractivity contribution in [2.45, 2.75) is 38.6 Å². The minimum Gasteiger partial charge on any atom is -0.494 e. The molecule has 0 aliphatic heterocycles. The first-order valence-electron chi connectivity index (χ1n) is 7.35. The molecule has 3 nitrogen and oxygen atoms in total. The summed E-state index contributed by atoms with van der Waals surface area (Å²) in [4.78, 5) is 11.5. The number of alkyl halides is 3. The molecule has 1 rings (SSSR count). The van der Waals surface area contributed by atoms with E-state index in [-0.39, 0.29) is 0 Å². The van der Waals surface area contributed by atoms with Crippen LogP contribution in [0.3, 0.4) is 0 Å². The summed E-state index contributed by atoms with van der Waals surface area (Å²) >= 11 is 1.32. The van der Waals surface area contributed by atoms with Gasteiger partial charge in [-0.1, -0.05) is 6.07 Å². The number of thioether (sulfide) groups is 1. The van der Waals surface area contributed by atoms with Crippen LogP contribution in [0.2, 0.25) is 0 Å². The molecule has 130 valence electrons. The Bertz CT molecular complexity index is 521. The zero-order chi connectivity index (χ0) is 17.5. The molecule has 1 atom stereocenters. The van der Waals surface area contributed by atoms with Crippen LogP contribution in [0.25, 0.3) is 0 Å². The van der Waals surface area contributed by atoms with E-state index >= 15 is 0 Å². The molecular formula is C16H22F3NO2S. The van der Waals surface area contributed by atoms with Crippen molar-refractivity contribution < 1.29 is 22.7 Å². The number of nitrogens with one attached hydrogen (secondary N) is 1. The molecule has 0 bridgehead atoms. The minimum atomic E-state index is -4.37. The van der Waals surface area contributed by atoms with Gasteiger partial charge in [-0.2, -0.15) is 13.2 Å². The molecule has 0 aliphatic rings. The van der Waals surface area contributed by atoms with Gasteiger partial charge in [0.25, 0.3) is 0 Å². The number of ether oxygens (including phenoxy) is 1. The predicted molar refractivity (Wildman–Crippen MR) is 87.0 cm³/mol. The van der Waals surface area contributed by atoms with Crippen molar-refractivity contribution in [3.05, 3.63) is 29.3 Å². The minimum absolute atomic E-state index is 0.506. The molecular weight excluding hydrogens is 327 g/mol. The van der Waals surface area contributed by atoms with Gasteiger partial charge in [-0.25, -0.2) is 0 Å². The number of hydrogen-bond donors (Lipinski definition) is 1. The zero-order valence-electron chi connectivity index (χ0n) is 13.5. The number of benzene rings is 1. The standard InChI is InChI=1S/C16H22F3NO2S/c1-11-5-6-14(9-12(11)2)22-7-4-8-23-13(3)15(21)20-10-16(17,18)19/h5-6,9,13H,4,7-8,10H2,1-3H3,(H,20,21). The van der Waals surface area contributed by atoms with Crippen molar-refractivity contribution in [2.24, 2.45) is 0 Å². The zero-order valence-corrected chi connectivity index (χ0v) is 14.3. The van der Waals surface area contributed by atoms with E-state index in [2.05, 4.69) is 0 Å². The number of halogens is 3. The number of carbonyl (C=O) groups is 1. The third kappa shape index (κ3) is 8.16. The first-order chi connectivity index (χ1) is 10.7. The topological polar surface area (TPSA) is 38.3 Å². The van der Waals surface area contributed by atoms with E-state index in [1.165, 1.54) is 17.3 Å². The second-order valence-corrected chi connectivity index (χ2v) is 6.74. The molecule has 0 radical (unpaired) electrons. The summed E-state index contributed by atoms with van der Waals surface area (Å²) < 4.78 is 41.6. The lowest BCUT2D eigenvalue weighted by Crippen LogP contribution is -2.38. The fourth-order valence-electron chi connectivity index (χ4n) is 1.72. The average molecular weight is 349 g/mol. The van der Waals surface area contributed by atoms with Crippen molar-refractivity contribution in [2.75, 3.05) is 18.9 Å². The monoisotopic (exact) mass is 349 g/mol. The third-order valence-electron chi connectivity index (χ3n) is 3.24. The van der Waals surface area contributed by atoms with Crippen LogP contribution in [0, 0.1) is 13.8 Å². The Hall–Kier alpha value is -1.37. The molecule has 0 heterocycles. The second-order valence-electron chi connectivity index (χ2n) is 5.29. The third-order valence-corrected chi connectivity index (χ3v) is 4.47. The summed E-state index contributed by atoms with van der Waals surface area (Å²) in [6.45, 7) is 4.86. The van der Waals surface area contributed by atoms with Crippen molar-refractivity contribution >= 4 is 17.7 Å². The van der Waals surface area contributed by atoms with E-state index in [4.69, 9.17) is 4.74 Å². The van der Waals surface area contributed by atoms with Gasteiger partial charge in [-0.05, 0) is 56.2 Å². The highest BCUT2D eigenvalue weighted by atomic mass is 32.2. The van der Waals surface area contributed by atoms with Crippen molar-refractivity contribution in [3.63, 3.8) is 0 Å². The van der Waals surface area contributed by atoms with Crippen molar-refractivity contribution in [1.29, 1.82) is 0 Å². The average Bonchev–Trinajstić information content (AvgIpc) is 2.47. The molecule has 1 aromatic rings. The van der Waals surface area contributed by atoms with E-state index in [0.717, 1.165) is 11.3 Å². The molecule has 7 heteroatoms. The SMILES string of the molecule is Cc1ccc(OCCCSC(C)C(=O)NCC(F)(F)F)cc1C. The normalized spacial score (nSPS) is 12.8. The fourth-order valence-corrected chi connectivity index (χ4v) is 2.59. The van der Waals surface area contributed by atoms with Crippen molar-refractivity contribution in [3.8, 4) is 5.75 Å². The van der Waals surface area contributed by atoms with Gasteiger partial charge in [-0.3, -0.25) is 4.79 Å². The van der Waals surface area contributed by atoms with Crippen LogP contribution in [0.1, 0.15) is 24.5 Å². The quantitative estimate of drug-likeness (QED) is 0.724. The van der Waals surface area contributed by atoms with Crippen LogP contribution in [-0.2, 0) is 4.79 Å². The van der Waals surface area contributed by atoms with Gasteiger partial charge < -0.3 is 10.1 Å². The smallest absolute Gasteiger partial charge is 0.405 e. The summed E-state index contributed by atoms with van der Waals surface area (Å²) in [5, 5.41) is 1.37. The molecule has 1 N–H and O–H groups in total. The Kier molecular flexibility index (Phi) is 7.75. The van der Waals surface area contributed by atoms with Crippen LogP contribution in [0.5, 0.6) is 5.75 Å². The summed E-state index contributed by atoms with van der Waals surface area (Å²) in [5.41, 5.74) is 2.36. The van der Waals surface area contributed by atoms with Crippen LogP contribution in [-0.4, -0.2) is 36.2 Å². The van der Waals surface area contributed by atoms with Gasteiger partial charge in [-0.15, -0.1) is 11.8 Å². The Morgan fingerprint density at radius 3 is 2.61 bits per heavy atom. The van der Waals surface area contributed by atoms with E-state index in [1.807, 2.05) is 37.4 Å². The molecule has 0 fully saturated rings. The van der Waals surface area contributed by atoms with E-state index in [0.29, 0.717) is 18.8 Å².